The monoisotopic (exact) mass is 420 g/mol. The lowest BCUT2D eigenvalue weighted by Crippen LogP contribution is -2.23. The highest BCUT2D eigenvalue weighted by Crippen LogP contribution is 2.30. The van der Waals surface area contributed by atoms with Crippen molar-refractivity contribution in [2.45, 2.75) is 12.8 Å². The number of aromatic nitrogens is 3. The summed E-state index contributed by atoms with van der Waals surface area (Å²) in [5.74, 6) is 0. The first-order valence-electron chi connectivity index (χ1n) is 8.75. The lowest BCUT2D eigenvalue weighted by molar-refractivity contribution is -0.137. The van der Waals surface area contributed by atoms with E-state index in [-0.39, 0.29) is 23.9 Å². The van der Waals surface area contributed by atoms with E-state index in [1.807, 2.05) is 0 Å². The Labute approximate surface area is 169 Å². The first kappa shape index (κ1) is 21.2. The van der Waals surface area contributed by atoms with Crippen LogP contribution in [0.15, 0.2) is 59.9 Å². The number of alkyl halides is 3. The molecule has 0 saturated carbocycles. The average Bonchev–Trinajstić information content (AvgIpc) is 3.01. The first-order chi connectivity index (χ1) is 14.2. The van der Waals surface area contributed by atoms with Gasteiger partial charge in [-0.2, -0.15) is 13.2 Å². The molecule has 0 aliphatic carbocycles. The van der Waals surface area contributed by atoms with Gasteiger partial charge in [0.2, 0.25) is 0 Å². The average molecular weight is 420 g/mol. The molecule has 0 bridgehead atoms. The molecule has 0 atom stereocenters. The summed E-state index contributed by atoms with van der Waals surface area (Å²) < 4.78 is 46.2. The molecule has 1 heterocycles. The number of hydrogen-bond acceptors (Lipinski definition) is 5. The zero-order valence-electron chi connectivity index (χ0n) is 16.2. The van der Waals surface area contributed by atoms with Crippen molar-refractivity contribution in [3.05, 3.63) is 82.3 Å². The molecular formula is C20H19F3N4O3. The smallest absolute Gasteiger partial charge is 0.416 e. The van der Waals surface area contributed by atoms with Crippen LogP contribution in [0.4, 0.5) is 13.2 Å². The molecule has 1 aromatic heterocycles. The van der Waals surface area contributed by atoms with Crippen molar-refractivity contribution >= 4 is 5.70 Å². The van der Waals surface area contributed by atoms with Crippen LogP contribution in [0.3, 0.4) is 0 Å². The number of methoxy groups -OCH3 is 1. The van der Waals surface area contributed by atoms with E-state index in [0.29, 0.717) is 11.3 Å². The highest BCUT2D eigenvalue weighted by atomic mass is 19.4. The predicted octanol–water partition coefficient (Wildman–Crippen LogP) is 3.29. The molecule has 0 aliphatic rings. The molecule has 3 rings (SSSR count). The Hall–Kier alpha value is -3.53. The second-order valence-electron chi connectivity index (χ2n) is 6.30. The van der Waals surface area contributed by atoms with Gasteiger partial charge in [0.1, 0.15) is 6.61 Å². The quantitative estimate of drug-likeness (QED) is 0.594. The standard InChI is InChI=1S/C20H19F3N4O3/c1-13(14-8-6-9-16(11-14)20(21,22)23)25-30-12-15-7-4-5-10-17(15)27-18(29-3)24-26(2)19(27)28/h4-11,25H,1,12H2,2-3H3. The predicted molar refractivity (Wildman–Crippen MR) is 104 cm³/mol. The third kappa shape index (κ3) is 4.38. The Morgan fingerprint density at radius 3 is 2.63 bits per heavy atom. The van der Waals surface area contributed by atoms with E-state index < -0.39 is 17.4 Å². The van der Waals surface area contributed by atoms with Crippen molar-refractivity contribution in [1.82, 2.24) is 19.8 Å². The number of rotatable bonds is 7. The fourth-order valence-corrected chi connectivity index (χ4v) is 2.77. The zero-order valence-corrected chi connectivity index (χ0v) is 16.2. The molecule has 158 valence electrons. The Morgan fingerprint density at radius 1 is 1.20 bits per heavy atom. The molecule has 0 unspecified atom stereocenters. The maximum Gasteiger partial charge on any atom is 0.416 e. The molecule has 7 nitrogen and oxygen atoms in total. The van der Waals surface area contributed by atoms with Gasteiger partial charge in [-0.1, -0.05) is 36.9 Å². The summed E-state index contributed by atoms with van der Waals surface area (Å²) in [6.45, 7) is 3.71. The number of nitrogens with one attached hydrogen (secondary N) is 1. The summed E-state index contributed by atoms with van der Waals surface area (Å²) in [5.41, 5.74) is 2.89. The summed E-state index contributed by atoms with van der Waals surface area (Å²) in [4.78, 5) is 17.8. The fraction of sp³-hybridized carbons (Fsp3) is 0.200. The third-order valence-electron chi connectivity index (χ3n) is 4.27. The highest BCUT2D eigenvalue weighted by molar-refractivity contribution is 5.61. The number of halogens is 3. The second kappa shape index (κ2) is 8.46. The van der Waals surface area contributed by atoms with Gasteiger partial charge in [-0.3, -0.25) is 10.3 Å². The maximum atomic E-state index is 12.9. The Bertz CT molecular complexity index is 1120. The van der Waals surface area contributed by atoms with E-state index in [1.54, 1.807) is 24.3 Å². The number of hydroxylamine groups is 1. The van der Waals surface area contributed by atoms with Crippen molar-refractivity contribution in [1.29, 1.82) is 0 Å². The van der Waals surface area contributed by atoms with E-state index in [4.69, 9.17) is 9.57 Å². The SMILES string of the molecule is C=C(NOCc1ccccc1-n1c(OC)nn(C)c1=O)c1cccc(C(F)(F)F)c1. The molecule has 10 heteroatoms. The van der Waals surface area contributed by atoms with E-state index >= 15 is 0 Å². The molecule has 0 radical (unpaired) electrons. The first-order valence-corrected chi connectivity index (χ1v) is 8.75. The Kier molecular flexibility index (Phi) is 5.97. The topological polar surface area (TPSA) is 70.3 Å². The minimum atomic E-state index is -4.45. The van der Waals surface area contributed by atoms with Crippen LogP contribution >= 0.6 is 0 Å². The van der Waals surface area contributed by atoms with Crippen LogP contribution in [0.5, 0.6) is 6.01 Å². The van der Waals surface area contributed by atoms with Gasteiger partial charge in [0.15, 0.2) is 0 Å². The number of benzene rings is 2. The Morgan fingerprint density at radius 2 is 1.93 bits per heavy atom. The summed E-state index contributed by atoms with van der Waals surface area (Å²) in [6.07, 6.45) is -4.45. The zero-order chi connectivity index (χ0) is 21.9. The molecule has 0 saturated heterocycles. The van der Waals surface area contributed by atoms with E-state index in [0.717, 1.165) is 16.8 Å². The highest BCUT2D eigenvalue weighted by Gasteiger charge is 2.30. The van der Waals surface area contributed by atoms with Gasteiger partial charge in [0.25, 0.3) is 0 Å². The molecular weight excluding hydrogens is 401 g/mol. The molecule has 2 aromatic carbocycles. The van der Waals surface area contributed by atoms with Crippen molar-refractivity contribution in [3.63, 3.8) is 0 Å². The van der Waals surface area contributed by atoms with E-state index in [2.05, 4.69) is 17.2 Å². The van der Waals surface area contributed by atoms with Gasteiger partial charge in [-0.05, 0) is 23.8 Å². The van der Waals surface area contributed by atoms with Crippen molar-refractivity contribution in [2.75, 3.05) is 7.11 Å². The second-order valence-corrected chi connectivity index (χ2v) is 6.30. The number of hydrogen-bond donors (Lipinski definition) is 1. The van der Waals surface area contributed by atoms with Crippen LogP contribution in [0.1, 0.15) is 16.7 Å². The van der Waals surface area contributed by atoms with Gasteiger partial charge < -0.3 is 4.74 Å². The van der Waals surface area contributed by atoms with Gasteiger partial charge in [-0.15, -0.1) is 5.10 Å². The van der Waals surface area contributed by atoms with Crippen molar-refractivity contribution in [3.8, 4) is 11.7 Å². The van der Waals surface area contributed by atoms with E-state index in [9.17, 15) is 18.0 Å². The summed E-state index contributed by atoms with van der Waals surface area (Å²) in [5, 5.41) is 4.00. The minimum absolute atomic E-state index is 0.00135. The van der Waals surface area contributed by atoms with Crippen LogP contribution in [-0.2, 0) is 24.7 Å². The van der Waals surface area contributed by atoms with Crippen LogP contribution in [0.25, 0.3) is 11.4 Å². The molecule has 3 aromatic rings. The number of ether oxygens (including phenoxy) is 1. The van der Waals surface area contributed by atoms with E-state index in [1.165, 1.54) is 30.9 Å². The van der Waals surface area contributed by atoms with Crippen LogP contribution in [0, 0.1) is 0 Å². The van der Waals surface area contributed by atoms with Crippen LogP contribution < -0.4 is 15.9 Å². The largest absolute Gasteiger partial charge is 0.467 e. The number of aryl methyl sites for hydroxylation is 1. The van der Waals surface area contributed by atoms with Gasteiger partial charge in [0.05, 0.1) is 24.1 Å². The van der Waals surface area contributed by atoms with Crippen LogP contribution in [-0.4, -0.2) is 21.5 Å². The lowest BCUT2D eigenvalue weighted by atomic mass is 10.1. The molecule has 1 N–H and O–H groups in total. The van der Waals surface area contributed by atoms with Crippen molar-refractivity contribution < 1.29 is 22.7 Å². The third-order valence-corrected chi connectivity index (χ3v) is 4.27. The maximum absolute atomic E-state index is 12.9. The fourth-order valence-electron chi connectivity index (χ4n) is 2.77. The molecule has 30 heavy (non-hydrogen) atoms. The summed E-state index contributed by atoms with van der Waals surface area (Å²) >= 11 is 0. The summed E-state index contributed by atoms with van der Waals surface area (Å²) in [7, 11) is 2.90. The van der Waals surface area contributed by atoms with Crippen molar-refractivity contribution in [2.24, 2.45) is 7.05 Å². The Balaban J connectivity index is 1.76. The van der Waals surface area contributed by atoms with Gasteiger partial charge in [-0.25, -0.2) is 14.0 Å². The van der Waals surface area contributed by atoms with Gasteiger partial charge >= 0.3 is 17.9 Å². The number of nitrogens with zero attached hydrogens (tertiary/aromatic N) is 3. The molecule has 0 fully saturated rings. The molecule has 0 aliphatic heterocycles. The molecule has 0 amide bonds. The minimum Gasteiger partial charge on any atom is -0.467 e. The van der Waals surface area contributed by atoms with Crippen LogP contribution in [0.2, 0.25) is 0 Å². The van der Waals surface area contributed by atoms with Gasteiger partial charge in [0, 0.05) is 12.6 Å². The normalized spacial score (nSPS) is 11.4. The number of para-hydroxylation sites is 1. The summed E-state index contributed by atoms with van der Waals surface area (Å²) in [6, 6.07) is 11.8. The molecule has 0 spiro atoms. The lowest BCUT2D eigenvalue weighted by Gasteiger charge is -2.14.